The van der Waals surface area contributed by atoms with Gasteiger partial charge in [0.25, 0.3) is 0 Å². The predicted molar refractivity (Wildman–Crippen MR) is 143 cm³/mol. The molecule has 0 unspecified atom stereocenters. The third-order valence-electron chi connectivity index (χ3n) is 7.41. The van der Waals surface area contributed by atoms with Crippen LogP contribution < -0.4 is 4.74 Å². The zero-order valence-electron chi connectivity index (χ0n) is 21.3. The number of amides is 2. The quantitative estimate of drug-likeness (QED) is 0.457. The first-order valence-electron chi connectivity index (χ1n) is 13.1. The summed E-state index contributed by atoms with van der Waals surface area (Å²) in [7, 11) is 1.85. The summed E-state index contributed by atoms with van der Waals surface area (Å²) < 4.78 is 6.20. The third kappa shape index (κ3) is 7.47. The number of nitrogens with zero attached hydrogens (tertiary/aromatic N) is 3. The lowest BCUT2D eigenvalue weighted by molar-refractivity contribution is -0.141. The summed E-state index contributed by atoms with van der Waals surface area (Å²) in [6, 6.07) is 17.4. The molecule has 2 aromatic carbocycles. The summed E-state index contributed by atoms with van der Waals surface area (Å²) in [4.78, 5) is 32.7. The first-order chi connectivity index (χ1) is 17.4. The van der Waals surface area contributed by atoms with E-state index in [1.54, 1.807) is 11.0 Å². The lowest BCUT2D eigenvalue weighted by Crippen LogP contribution is -2.51. The zero-order valence-corrected chi connectivity index (χ0v) is 22.1. The first kappa shape index (κ1) is 26.5. The number of piperidine rings is 1. The highest BCUT2D eigenvalue weighted by Crippen LogP contribution is 2.36. The topological polar surface area (TPSA) is 53.1 Å². The number of benzene rings is 2. The van der Waals surface area contributed by atoms with Crippen LogP contribution in [0.2, 0.25) is 5.02 Å². The van der Waals surface area contributed by atoms with Gasteiger partial charge in [-0.25, -0.2) is 0 Å². The van der Waals surface area contributed by atoms with Gasteiger partial charge in [0, 0.05) is 56.5 Å². The molecule has 4 rings (SSSR count). The standard InChI is InChI=1S/C29H38ClN3O3/c1-31(21-24-9-3-2-4-10-24)28(35)20-29(23-36-26-12-7-11-25(30)19-26)14-8-17-33(22-29)27(34)13-18-32-15-5-6-16-32/h2-4,7,9-12,19H,5-6,8,13-18,20-23H2,1H3/t29-/m0/s1. The van der Waals surface area contributed by atoms with Gasteiger partial charge in [-0.2, -0.15) is 0 Å². The Morgan fingerprint density at radius 1 is 1.03 bits per heavy atom. The lowest BCUT2D eigenvalue weighted by atomic mass is 9.77. The minimum absolute atomic E-state index is 0.0694. The van der Waals surface area contributed by atoms with Crippen molar-refractivity contribution in [2.24, 2.45) is 5.41 Å². The largest absolute Gasteiger partial charge is 0.493 e. The molecule has 2 saturated heterocycles. The van der Waals surface area contributed by atoms with Crippen molar-refractivity contribution in [1.82, 2.24) is 14.7 Å². The molecule has 6 nitrogen and oxygen atoms in total. The van der Waals surface area contributed by atoms with E-state index in [0.29, 0.717) is 43.3 Å². The van der Waals surface area contributed by atoms with E-state index in [1.807, 2.05) is 60.5 Å². The van der Waals surface area contributed by atoms with Crippen LogP contribution in [0.15, 0.2) is 54.6 Å². The Kier molecular flexibility index (Phi) is 9.27. The number of halogens is 1. The van der Waals surface area contributed by atoms with Gasteiger partial charge >= 0.3 is 0 Å². The van der Waals surface area contributed by atoms with Gasteiger partial charge in [-0.1, -0.05) is 48.0 Å². The van der Waals surface area contributed by atoms with Crippen molar-refractivity contribution in [3.05, 3.63) is 65.2 Å². The van der Waals surface area contributed by atoms with E-state index in [1.165, 1.54) is 12.8 Å². The molecule has 0 bridgehead atoms. The normalized spacial score (nSPS) is 20.3. The molecule has 0 radical (unpaired) electrons. The molecule has 0 saturated carbocycles. The van der Waals surface area contributed by atoms with Crippen LogP contribution in [0.25, 0.3) is 0 Å². The maximum absolute atomic E-state index is 13.4. The Hall–Kier alpha value is -2.57. The molecule has 2 amide bonds. The molecule has 2 aliphatic heterocycles. The highest BCUT2D eigenvalue weighted by molar-refractivity contribution is 6.30. The number of carbonyl (C=O) groups excluding carboxylic acids is 2. The molecule has 2 fully saturated rings. The predicted octanol–water partition coefficient (Wildman–Crippen LogP) is 4.86. The molecule has 0 aliphatic carbocycles. The number of hydrogen-bond donors (Lipinski definition) is 0. The second kappa shape index (κ2) is 12.6. The molecule has 2 aliphatic rings. The van der Waals surface area contributed by atoms with Crippen LogP contribution in [-0.2, 0) is 16.1 Å². The van der Waals surface area contributed by atoms with Crippen molar-refractivity contribution in [2.75, 3.05) is 46.4 Å². The molecule has 36 heavy (non-hydrogen) atoms. The van der Waals surface area contributed by atoms with Crippen LogP contribution in [0.3, 0.4) is 0 Å². The Morgan fingerprint density at radius 2 is 1.81 bits per heavy atom. The highest BCUT2D eigenvalue weighted by Gasteiger charge is 2.40. The average molecular weight is 512 g/mol. The van der Waals surface area contributed by atoms with E-state index in [4.69, 9.17) is 16.3 Å². The van der Waals surface area contributed by atoms with Gasteiger partial charge in [0.05, 0.1) is 6.61 Å². The molecular weight excluding hydrogens is 474 g/mol. The fourth-order valence-electron chi connectivity index (χ4n) is 5.35. The van der Waals surface area contributed by atoms with Crippen molar-refractivity contribution >= 4 is 23.4 Å². The number of carbonyl (C=O) groups is 2. The van der Waals surface area contributed by atoms with E-state index in [2.05, 4.69) is 4.90 Å². The second-order valence-electron chi connectivity index (χ2n) is 10.4. The summed E-state index contributed by atoms with van der Waals surface area (Å²) >= 11 is 6.16. The maximum atomic E-state index is 13.4. The van der Waals surface area contributed by atoms with Gasteiger partial charge in [-0.15, -0.1) is 0 Å². The van der Waals surface area contributed by atoms with E-state index in [0.717, 1.165) is 44.6 Å². The molecular formula is C29H38ClN3O3. The molecule has 2 aromatic rings. The molecule has 194 valence electrons. The van der Waals surface area contributed by atoms with Crippen LogP contribution in [0, 0.1) is 5.41 Å². The fraction of sp³-hybridized carbons (Fsp3) is 0.517. The summed E-state index contributed by atoms with van der Waals surface area (Å²) in [6.07, 6.45) is 5.03. The second-order valence-corrected chi connectivity index (χ2v) is 10.8. The number of rotatable bonds is 10. The van der Waals surface area contributed by atoms with Crippen molar-refractivity contribution < 1.29 is 14.3 Å². The monoisotopic (exact) mass is 511 g/mol. The Balaban J connectivity index is 1.44. The van der Waals surface area contributed by atoms with Crippen LogP contribution >= 0.6 is 11.6 Å². The average Bonchev–Trinajstić information content (AvgIpc) is 3.41. The van der Waals surface area contributed by atoms with Crippen molar-refractivity contribution in [2.45, 2.75) is 45.1 Å². The van der Waals surface area contributed by atoms with Crippen LogP contribution in [0.1, 0.15) is 44.1 Å². The number of ether oxygens (including phenoxy) is 1. The Labute approximate surface area is 220 Å². The van der Waals surface area contributed by atoms with Gasteiger partial charge in [-0.05, 0) is 62.5 Å². The van der Waals surface area contributed by atoms with Crippen molar-refractivity contribution in [3.63, 3.8) is 0 Å². The minimum Gasteiger partial charge on any atom is -0.493 e. The molecule has 0 aromatic heterocycles. The lowest BCUT2D eigenvalue weighted by Gasteiger charge is -2.43. The summed E-state index contributed by atoms with van der Waals surface area (Å²) in [5.41, 5.74) is 0.659. The van der Waals surface area contributed by atoms with E-state index < -0.39 is 5.41 Å². The maximum Gasteiger partial charge on any atom is 0.223 e. The molecule has 0 spiro atoms. The first-order valence-corrected chi connectivity index (χ1v) is 13.5. The molecule has 2 heterocycles. The van der Waals surface area contributed by atoms with E-state index >= 15 is 0 Å². The SMILES string of the molecule is CN(Cc1ccccc1)C(=O)C[C@@]1(COc2cccc(Cl)c2)CCCN(C(=O)CCN2CCCC2)C1. The van der Waals surface area contributed by atoms with Gasteiger partial charge < -0.3 is 19.4 Å². The Bertz CT molecular complexity index is 1010. The van der Waals surface area contributed by atoms with Crippen LogP contribution in [-0.4, -0.2) is 72.9 Å². The highest BCUT2D eigenvalue weighted by atomic mass is 35.5. The Morgan fingerprint density at radius 3 is 2.56 bits per heavy atom. The van der Waals surface area contributed by atoms with Gasteiger partial charge in [0.1, 0.15) is 5.75 Å². The van der Waals surface area contributed by atoms with Crippen LogP contribution in [0.4, 0.5) is 0 Å². The van der Waals surface area contributed by atoms with Gasteiger partial charge in [-0.3, -0.25) is 9.59 Å². The number of hydrogen-bond acceptors (Lipinski definition) is 4. The third-order valence-corrected chi connectivity index (χ3v) is 7.65. The smallest absolute Gasteiger partial charge is 0.223 e. The summed E-state index contributed by atoms with van der Waals surface area (Å²) in [6.45, 7) is 5.21. The van der Waals surface area contributed by atoms with Crippen molar-refractivity contribution in [1.29, 1.82) is 0 Å². The van der Waals surface area contributed by atoms with Gasteiger partial charge in [0.15, 0.2) is 0 Å². The van der Waals surface area contributed by atoms with Crippen LogP contribution in [0.5, 0.6) is 5.75 Å². The molecule has 1 atom stereocenters. The number of likely N-dealkylation sites (tertiary alicyclic amines) is 2. The fourth-order valence-corrected chi connectivity index (χ4v) is 5.53. The van der Waals surface area contributed by atoms with Gasteiger partial charge in [0.2, 0.25) is 11.8 Å². The van der Waals surface area contributed by atoms with E-state index in [9.17, 15) is 9.59 Å². The van der Waals surface area contributed by atoms with Crippen molar-refractivity contribution in [3.8, 4) is 5.75 Å². The minimum atomic E-state index is -0.439. The molecule has 0 N–H and O–H groups in total. The summed E-state index contributed by atoms with van der Waals surface area (Å²) in [5, 5.41) is 0.614. The molecule has 7 heteroatoms. The van der Waals surface area contributed by atoms with E-state index in [-0.39, 0.29) is 11.8 Å². The zero-order chi connectivity index (χ0) is 25.4. The summed E-state index contributed by atoms with van der Waals surface area (Å²) in [5.74, 6) is 0.934.